The Morgan fingerprint density at radius 3 is 1.86 bits per heavy atom. The summed E-state index contributed by atoms with van der Waals surface area (Å²) in [7, 11) is 0. The molecule has 1 aromatic rings. The first kappa shape index (κ1) is 29.9. The van der Waals surface area contributed by atoms with Crippen molar-refractivity contribution in [2.24, 2.45) is 0 Å². The van der Waals surface area contributed by atoms with Crippen LogP contribution in [0.4, 0.5) is 0 Å². The van der Waals surface area contributed by atoms with Gasteiger partial charge < -0.3 is 33.2 Å². The van der Waals surface area contributed by atoms with Crippen LogP contribution in [0.2, 0.25) is 0 Å². The molecule has 0 bridgehead atoms. The Bertz CT molecular complexity index is 898. The lowest BCUT2D eigenvalue weighted by atomic mass is 9.98. The molecule has 0 spiro atoms. The average Bonchev–Trinajstić information content (AvgIpc) is 2.81. The summed E-state index contributed by atoms with van der Waals surface area (Å²) in [4.78, 5) is 47.1. The number of rotatable bonds is 13. The van der Waals surface area contributed by atoms with Crippen LogP contribution in [0.3, 0.4) is 0 Å². The molecule has 37 heavy (non-hydrogen) atoms. The van der Waals surface area contributed by atoms with Gasteiger partial charge in [-0.15, -0.1) is 0 Å². The van der Waals surface area contributed by atoms with Gasteiger partial charge in [0.25, 0.3) is 0 Å². The van der Waals surface area contributed by atoms with E-state index in [1.165, 1.54) is 13.8 Å². The van der Waals surface area contributed by atoms with E-state index >= 15 is 0 Å². The third kappa shape index (κ3) is 10.3. The molecular formula is C26H36O11. The van der Waals surface area contributed by atoms with Crippen LogP contribution in [-0.2, 0) is 42.9 Å². The van der Waals surface area contributed by atoms with Crippen molar-refractivity contribution < 1.29 is 52.3 Å². The second kappa shape index (κ2) is 15.0. The normalized spacial score (nSPS) is 22.9. The van der Waals surface area contributed by atoms with Crippen molar-refractivity contribution in [1.29, 1.82) is 0 Å². The SMILES string of the molecule is CCCCCCOc1ccc(O[C@@H]2O[C@@H](COC(C)=O)[C@@H](OC(C)=O)[C@@H](OC(C)=O)[C@@H]2OC(C)=O)cc1. The van der Waals surface area contributed by atoms with Gasteiger partial charge in [0.05, 0.1) is 6.61 Å². The standard InChI is InChI=1S/C26H36O11/c1-6-7-8-9-14-31-20-10-12-21(13-11-20)36-26-25(35-19(5)30)24(34-18(4)29)23(33-17(3)28)22(37-26)15-32-16(2)27/h10-13,22-26H,6-9,14-15H2,1-5H3/t22-,23+,24+,25-,26+/m0/s1. The number of unbranched alkanes of at least 4 members (excludes halogenated alkanes) is 3. The summed E-state index contributed by atoms with van der Waals surface area (Å²) in [5, 5.41) is 0. The third-order valence-electron chi connectivity index (χ3n) is 5.29. The van der Waals surface area contributed by atoms with Crippen LogP contribution in [0.25, 0.3) is 0 Å². The van der Waals surface area contributed by atoms with E-state index in [0.29, 0.717) is 18.1 Å². The van der Waals surface area contributed by atoms with Crippen LogP contribution >= 0.6 is 0 Å². The molecule has 1 aliphatic heterocycles. The summed E-state index contributed by atoms with van der Waals surface area (Å²) in [5.41, 5.74) is 0. The zero-order valence-corrected chi connectivity index (χ0v) is 21.9. The smallest absolute Gasteiger partial charge is 0.303 e. The molecular weight excluding hydrogens is 488 g/mol. The lowest BCUT2D eigenvalue weighted by Crippen LogP contribution is -2.63. The van der Waals surface area contributed by atoms with Crippen molar-refractivity contribution in [2.45, 2.75) is 91.0 Å². The summed E-state index contributed by atoms with van der Waals surface area (Å²) in [6.07, 6.45) is -1.85. The molecule has 1 saturated heterocycles. The molecule has 0 radical (unpaired) electrons. The van der Waals surface area contributed by atoms with E-state index in [9.17, 15) is 19.2 Å². The van der Waals surface area contributed by atoms with E-state index in [4.69, 9.17) is 33.2 Å². The Hall–Kier alpha value is -3.34. The average molecular weight is 525 g/mol. The monoisotopic (exact) mass is 524 g/mol. The second-order valence-electron chi connectivity index (χ2n) is 8.57. The first-order chi connectivity index (χ1) is 17.6. The molecule has 206 valence electrons. The highest BCUT2D eigenvalue weighted by atomic mass is 16.7. The topological polar surface area (TPSA) is 133 Å². The maximum absolute atomic E-state index is 11.9. The van der Waals surface area contributed by atoms with Gasteiger partial charge in [-0.1, -0.05) is 26.2 Å². The summed E-state index contributed by atoms with van der Waals surface area (Å²) in [5.74, 6) is -1.72. The highest BCUT2D eigenvalue weighted by molar-refractivity contribution is 5.68. The molecule has 0 saturated carbocycles. The number of hydrogen-bond donors (Lipinski definition) is 0. The van der Waals surface area contributed by atoms with Crippen molar-refractivity contribution in [2.75, 3.05) is 13.2 Å². The first-order valence-electron chi connectivity index (χ1n) is 12.3. The molecule has 2 rings (SSSR count). The van der Waals surface area contributed by atoms with Crippen LogP contribution in [0, 0.1) is 0 Å². The lowest BCUT2D eigenvalue weighted by Gasteiger charge is -2.43. The van der Waals surface area contributed by atoms with E-state index in [0.717, 1.165) is 39.5 Å². The summed E-state index contributed by atoms with van der Waals surface area (Å²) in [6.45, 7) is 7.10. The molecule has 1 aliphatic rings. The number of benzene rings is 1. The van der Waals surface area contributed by atoms with Crippen LogP contribution < -0.4 is 9.47 Å². The Labute approximate surface area is 216 Å². The zero-order chi connectivity index (χ0) is 27.4. The maximum Gasteiger partial charge on any atom is 0.303 e. The van der Waals surface area contributed by atoms with Gasteiger partial charge in [-0.2, -0.15) is 0 Å². The maximum atomic E-state index is 11.9. The number of carbonyl (C=O) groups excluding carboxylic acids is 4. The van der Waals surface area contributed by atoms with Crippen molar-refractivity contribution in [3.63, 3.8) is 0 Å². The molecule has 0 unspecified atom stereocenters. The molecule has 5 atom stereocenters. The van der Waals surface area contributed by atoms with Crippen molar-refractivity contribution in [1.82, 2.24) is 0 Å². The van der Waals surface area contributed by atoms with E-state index in [1.54, 1.807) is 24.3 Å². The molecule has 0 amide bonds. The molecule has 1 aromatic carbocycles. The molecule has 11 nitrogen and oxygen atoms in total. The summed E-state index contributed by atoms with van der Waals surface area (Å²) < 4.78 is 38.8. The summed E-state index contributed by atoms with van der Waals surface area (Å²) >= 11 is 0. The fourth-order valence-corrected chi connectivity index (χ4v) is 3.75. The van der Waals surface area contributed by atoms with Gasteiger partial charge in [-0.3, -0.25) is 19.2 Å². The quantitative estimate of drug-likeness (QED) is 0.214. The van der Waals surface area contributed by atoms with E-state index in [1.807, 2.05) is 0 Å². The Morgan fingerprint density at radius 2 is 1.30 bits per heavy atom. The van der Waals surface area contributed by atoms with Crippen LogP contribution in [0.1, 0.15) is 60.3 Å². The van der Waals surface area contributed by atoms with Crippen LogP contribution in [-0.4, -0.2) is 67.8 Å². The minimum absolute atomic E-state index is 0.331. The highest BCUT2D eigenvalue weighted by Crippen LogP contribution is 2.31. The van der Waals surface area contributed by atoms with Gasteiger partial charge in [-0.05, 0) is 30.7 Å². The molecule has 0 N–H and O–H groups in total. The first-order valence-corrected chi connectivity index (χ1v) is 12.3. The fraction of sp³-hybridized carbons (Fsp3) is 0.615. The highest BCUT2D eigenvalue weighted by Gasteiger charge is 2.53. The zero-order valence-electron chi connectivity index (χ0n) is 21.9. The van der Waals surface area contributed by atoms with Gasteiger partial charge in [0.2, 0.25) is 12.4 Å². The van der Waals surface area contributed by atoms with Gasteiger partial charge in [0, 0.05) is 27.7 Å². The van der Waals surface area contributed by atoms with E-state index in [2.05, 4.69) is 6.92 Å². The lowest BCUT2D eigenvalue weighted by molar-refractivity contribution is -0.288. The largest absolute Gasteiger partial charge is 0.494 e. The van der Waals surface area contributed by atoms with E-state index in [-0.39, 0.29) is 6.61 Å². The van der Waals surface area contributed by atoms with Crippen LogP contribution in [0.15, 0.2) is 24.3 Å². The van der Waals surface area contributed by atoms with E-state index < -0.39 is 54.6 Å². The third-order valence-corrected chi connectivity index (χ3v) is 5.29. The summed E-state index contributed by atoms with van der Waals surface area (Å²) in [6, 6.07) is 6.74. The Morgan fingerprint density at radius 1 is 0.730 bits per heavy atom. The van der Waals surface area contributed by atoms with Gasteiger partial charge in [0.15, 0.2) is 12.2 Å². The predicted molar refractivity (Wildman–Crippen MR) is 129 cm³/mol. The minimum atomic E-state index is -1.30. The number of esters is 4. The van der Waals surface area contributed by atoms with Crippen molar-refractivity contribution in [3.8, 4) is 11.5 Å². The minimum Gasteiger partial charge on any atom is -0.494 e. The Balaban J connectivity index is 2.26. The van der Waals surface area contributed by atoms with Gasteiger partial charge in [0.1, 0.15) is 24.2 Å². The Kier molecular flexibility index (Phi) is 12.1. The molecule has 1 heterocycles. The van der Waals surface area contributed by atoms with Crippen molar-refractivity contribution in [3.05, 3.63) is 24.3 Å². The molecule has 11 heteroatoms. The fourth-order valence-electron chi connectivity index (χ4n) is 3.75. The molecule has 1 fully saturated rings. The van der Waals surface area contributed by atoms with Crippen LogP contribution in [0.5, 0.6) is 11.5 Å². The molecule has 0 aromatic heterocycles. The van der Waals surface area contributed by atoms with Gasteiger partial charge in [-0.25, -0.2) is 0 Å². The molecule has 0 aliphatic carbocycles. The number of carbonyl (C=O) groups is 4. The number of ether oxygens (including phenoxy) is 7. The second-order valence-corrected chi connectivity index (χ2v) is 8.57. The predicted octanol–water partition coefficient (Wildman–Crippen LogP) is 3.11. The van der Waals surface area contributed by atoms with Gasteiger partial charge >= 0.3 is 23.9 Å². The number of hydrogen-bond acceptors (Lipinski definition) is 11. The van der Waals surface area contributed by atoms with Crippen molar-refractivity contribution >= 4 is 23.9 Å².